The number of aliphatic hydroxyl groups is 1. The van der Waals surface area contributed by atoms with E-state index in [1.54, 1.807) is 7.11 Å². The van der Waals surface area contributed by atoms with Crippen LogP contribution in [-0.2, 0) is 11.8 Å². The number of hydrogen-bond acceptors (Lipinski definition) is 3. The number of aliphatic hydroxyl groups excluding tert-OH is 1. The van der Waals surface area contributed by atoms with Gasteiger partial charge in [0.2, 0.25) is 0 Å². The van der Waals surface area contributed by atoms with Crippen LogP contribution in [-0.4, -0.2) is 23.4 Å². The average Bonchev–Trinajstić information content (AvgIpc) is 2.44. The Bertz CT molecular complexity index is 564. The van der Waals surface area contributed by atoms with Crippen LogP contribution in [0.4, 0.5) is 0 Å². The van der Waals surface area contributed by atoms with Crippen LogP contribution in [0.3, 0.4) is 0 Å². The molecule has 1 aromatic carbocycles. The zero-order valence-corrected chi connectivity index (χ0v) is 13.4. The van der Waals surface area contributed by atoms with Gasteiger partial charge in [-0.1, -0.05) is 26.8 Å². The minimum absolute atomic E-state index is 0.223. The molecule has 3 atom stereocenters. The molecule has 0 aliphatic heterocycles. The summed E-state index contributed by atoms with van der Waals surface area (Å²) in [6.45, 7) is 6.81. The zero-order valence-electron chi connectivity index (χ0n) is 13.4. The van der Waals surface area contributed by atoms with E-state index in [-0.39, 0.29) is 22.7 Å². The van der Waals surface area contributed by atoms with Crippen molar-refractivity contribution < 1.29 is 14.9 Å². The van der Waals surface area contributed by atoms with Gasteiger partial charge in [0.25, 0.3) is 0 Å². The maximum Gasteiger partial charge on any atom is 0.161 e. The lowest BCUT2D eigenvalue weighted by molar-refractivity contribution is -0.0593. The molecule has 0 heterocycles. The van der Waals surface area contributed by atoms with Crippen molar-refractivity contribution in [3.8, 4) is 11.5 Å². The lowest BCUT2D eigenvalue weighted by Crippen LogP contribution is -2.55. The van der Waals surface area contributed by atoms with Gasteiger partial charge >= 0.3 is 0 Å². The van der Waals surface area contributed by atoms with Gasteiger partial charge in [-0.15, -0.1) is 0 Å². The van der Waals surface area contributed by atoms with E-state index in [9.17, 15) is 10.2 Å². The van der Waals surface area contributed by atoms with Gasteiger partial charge < -0.3 is 14.9 Å². The van der Waals surface area contributed by atoms with E-state index in [0.29, 0.717) is 11.7 Å². The van der Waals surface area contributed by atoms with Crippen molar-refractivity contribution in [3.63, 3.8) is 0 Å². The third kappa shape index (κ3) is 1.90. The second kappa shape index (κ2) is 4.64. The standard InChI is InChI=1S/C18H26O3/c1-17(2)10-9-15(19)18(3)12-6-7-13(21-4)16(20)11(12)5-8-14(17)18/h6-7,14-15,19-20H,5,8-10H2,1-4H3. The van der Waals surface area contributed by atoms with Crippen LogP contribution in [0.15, 0.2) is 12.1 Å². The number of phenols is 1. The largest absolute Gasteiger partial charge is 0.504 e. The van der Waals surface area contributed by atoms with Crippen molar-refractivity contribution in [1.82, 2.24) is 0 Å². The van der Waals surface area contributed by atoms with E-state index in [2.05, 4.69) is 20.8 Å². The van der Waals surface area contributed by atoms with E-state index >= 15 is 0 Å². The predicted molar refractivity (Wildman–Crippen MR) is 82.8 cm³/mol. The van der Waals surface area contributed by atoms with Crippen molar-refractivity contribution in [2.45, 2.75) is 58.0 Å². The third-order valence-electron chi connectivity index (χ3n) is 6.15. The molecule has 0 radical (unpaired) electrons. The Balaban J connectivity index is 2.18. The maximum absolute atomic E-state index is 10.7. The van der Waals surface area contributed by atoms with Gasteiger partial charge in [-0.3, -0.25) is 0 Å². The average molecular weight is 290 g/mol. The molecule has 1 saturated carbocycles. The van der Waals surface area contributed by atoms with Crippen LogP contribution in [0.25, 0.3) is 0 Å². The molecule has 116 valence electrons. The fraction of sp³-hybridized carbons (Fsp3) is 0.667. The van der Waals surface area contributed by atoms with E-state index in [4.69, 9.17) is 4.74 Å². The number of phenolic OH excluding ortho intramolecular Hbond substituents is 1. The van der Waals surface area contributed by atoms with Crippen molar-refractivity contribution in [2.24, 2.45) is 11.3 Å². The van der Waals surface area contributed by atoms with Gasteiger partial charge in [0.1, 0.15) is 0 Å². The lowest BCUT2D eigenvalue weighted by Gasteiger charge is -2.56. The second-order valence-corrected chi connectivity index (χ2v) is 7.56. The van der Waals surface area contributed by atoms with Gasteiger partial charge in [0, 0.05) is 11.0 Å². The topological polar surface area (TPSA) is 49.7 Å². The first kappa shape index (κ1) is 14.7. The highest BCUT2D eigenvalue weighted by Crippen LogP contribution is 2.58. The molecular weight excluding hydrogens is 264 g/mol. The normalized spacial score (nSPS) is 34.0. The molecule has 3 heteroatoms. The third-order valence-corrected chi connectivity index (χ3v) is 6.15. The van der Waals surface area contributed by atoms with Crippen LogP contribution in [0.1, 0.15) is 51.2 Å². The minimum Gasteiger partial charge on any atom is -0.504 e. The summed E-state index contributed by atoms with van der Waals surface area (Å²) in [5, 5.41) is 21.2. The van der Waals surface area contributed by atoms with E-state index in [1.165, 1.54) is 0 Å². The summed E-state index contributed by atoms with van der Waals surface area (Å²) < 4.78 is 5.24. The highest BCUT2D eigenvalue weighted by molar-refractivity contribution is 5.54. The quantitative estimate of drug-likeness (QED) is 0.833. The van der Waals surface area contributed by atoms with E-state index < -0.39 is 0 Å². The molecular formula is C18H26O3. The molecule has 0 saturated heterocycles. The lowest BCUT2D eigenvalue weighted by atomic mass is 9.49. The molecule has 3 unspecified atom stereocenters. The summed E-state index contributed by atoms with van der Waals surface area (Å²) in [7, 11) is 1.58. The summed E-state index contributed by atoms with van der Waals surface area (Å²) >= 11 is 0. The smallest absolute Gasteiger partial charge is 0.161 e. The molecule has 0 spiro atoms. The van der Waals surface area contributed by atoms with Gasteiger partial charge in [-0.25, -0.2) is 0 Å². The highest BCUT2D eigenvalue weighted by atomic mass is 16.5. The molecule has 21 heavy (non-hydrogen) atoms. The molecule has 0 aromatic heterocycles. The molecule has 1 fully saturated rings. The van der Waals surface area contributed by atoms with Crippen LogP contribution < -0.4 is 4.74 Å². The monoisotopic (exact) mass is 290 g/mol. The van der Waals surface area contributed by atoms with Crippen LogP contribution in [0.2, 0.25) is 0 Å². The van der Waals surface area contributed by atoms with Crippen molar-refractivity contribution in [1.29, 1.82) is 0 Å². The van der Waals surface area contributed by atoms with Gasteiger partial charge in [-0.05, 0) is 48.6 Å². The van der Waals surface area contributed by atoms with Gasteiger partial charge in [0.15, 0.2) is 11.5 Å². The van der Waals surface area contributed by atoms with Crippen molar-refractivity contribution >= 4 is 0 Å². The number of benzene rings is 1. The van der Waals surface area contributed by atoms with Gasteiger partial charge in [-0.2, -0.15) is 0 Å². The van der Waals surface area contributed by atoms with Crippen LogP contribution in [0, 0.1) is 11.3 Å². The molecule has 1 aromatic rings. The van der Waals surface area contributed by atoms with Crippen LogP contribution >= 0.6 is 0 Å². The summed E-state index contributed by atoms with van der Waals surface area (Å²) in [4.78, 5) is 0. The molecule has 3 nitrogen and oxygen atoms in total. The molecule has 2 aliphatic rings. The number of aromatic hydroxyl groups is 1. The first-order valence-electron chi connectivity index (χ1n) is 7.89. The maximum atomic E-state index is 10.7. The van der Waals surface area contributed by atoms with Crippen molar-refractivity contribution in [3.05, 3.63) is 23.3 Å². The van der Waals surface area contributed by atoms with Gasteiger partial charge in [0.05, 0.1) is 13.2 Å². The first-order chi connectivity index (χ1) is 9.82. The number of hydrogen-bond donors (Lipinski definition) is 2. The number of rotatable bonds is 1. The molecule has 0 bridgehead atoms. The minimum atomic E-state index is -0.345. The van der Waals surface area contributed by atoms with E-state index in [1.807, 2.05) is 12.1 Å². The fourth-order valence-corrected chi connectivity index (χ4v) is 4.91. The molecule has 3 rings (SSSR count). The Kier molecular flexibility index (Phi) is 3.25. The Hall–Kier alpha value is -1.22. The van der Waals surface area contributed by atoms with E-state index in [0.717, 1.165) is 36.8 Å². The number of methoxy groups -OCH3 is 1. The SMILES string of the molecule is COc1ccc2c(c1O)CCC1C(C)(C)CCC(O)C21C. The Labute approximate surface area is 127 Å². The number of ether oxygens (including phenoxy) is 1. The Morgan fingerprint density at radius 3 is 2.57 bits per heavy atom. The fourth-order valence-electron chi connectivity index (χ4n) is 4.91. The summed E-state index contributed by atoms with van der Waals surface area (Å²) in [5.74, 6) is 1.22. The Morgan fingerprint density at radius 1 is 1.19 bits per heavy atom. The zero-order chi connectivity index (χ0) is 15.4. The summed E-state index contributed by atoms with van der Waals surface area (Å²) in [5.41, 5.74) is 2.02. The van der Waals surface area contributed by atoms with Crippen LogP contribution in [0.5, 0.6) is 11.5 Å². The first-order valence-corrected chi connectivity index (χ1v) is 7.89. The number of fused-ring (bicyclic) bond motifs is 3. The molecule has 2 N–H and O–H groups in total. The summed E-state index contributed by atoms with van der Waals surface area (Å²) in [6.07, 6.45) is 3.41. The highest BCUT2D eigenvalue weighted by Gasteiger charge is 2.54. The summed E-state index contributed by atoms with van der Waals surface area (Å²) in [6, 6.07) is 3.88. The Morgan fingerprint density at radius 2 is 1.90 bits per heavy atom. The second-order valence-electron chi connectivity index (χ2n) is 7.56. The predicted octanol–water partition coefficient (Wildman–Crippen LogP) is 3.40. The molecule has 2 aliphatic carbocycles. The van der Waals surface area contributed by atoms with Crippen molar-refractivity contribution in [2.75, 3.05) is 7.11 Å². The molecule has 0 amide bonds.